The molecular weight excluding hydrogens is 287 g/mol. The second-order valence-electron chi connectivity index (χ2n) is 7.53. The Kier molecular flexibility index (Phi) is 2.98. The van der Waals surface area contributed by atoms with E-state index in [0.717, 1.165) is 6.32 Å². The summed E-state index contributed by atoms with van der Waals surface area (Å²) in [5.74, 6) is 0. The molecule has 4 rings (SSSR count). The van der Waals surface area contributed by atoms with E-state index in [-0.39, 0.29) is 17.9 Å². The van der Waals surface area contributed by atoms with Crippen LogP contribution in [0.5, 0.6) is 0 Å². The summed E-state index contributed by atoms with van der Waals surface area (Å²) < 4.78 is 9.21. The number of rotatable bonds is 1. The molecule has 1 nitrogen and oxygen atoms in total. The van der Waals surface area contributed by atoms with Gasteiger partial charge in [-0.2, -0.15) is 0 Å². The van der Waals surface area contributed by atoms with Crippen LogP contribution in [-0.4, -0.2) is 12.5 Å². The third kappa shape index (κ3) is 1.95. The van der Waals surface area contributed by atoms with Crippen LogP contribution in [0.4, 0.5) is 0 Å². The van der Waals surface area contributed by atoms with Crippen LogP contribution in [0.15, 0.2) is 42.5 Å². The highest BCUT2D eigenvalue weighted by Gasteiger charge is 2.50. The molecule has 0 atom stereocenters. The quantitative estimate of drug-likeness (QED) is 0.569. The van der Waals surface area contributed by atoms with Crippen molar-refractivity contribution in [2.24, 2.45) is 5.41 Å². The number of hydrogen-bond acceptors (Lipinski definition) is 2. The molecule has 0 saturated carbocycles. The smallest absolute Gasteiger partial charge is 0.329 e. The molecule has 0 bridgehead atoms. The number of hydrogen-bond donors (Lipinski definition) is 0. The molecule has 22 heavy (non-hydrogen) atoms. The topological polar surface area (TPSA) is 9.23 Å². The standard InChI is InChI=1S/C19H21BOS/c1-18(2)12-20(21-19(18,3)4)15-10-7-9-14-13-8-5-6-11-16(13)22-17(14)15/h5-11H,12H2,1-4H3. The van der Waals surface area contributed by atoms with Gasteiger partial charge in [-0.3, -0.25) is 0 Å². The molecule has 112 valence electrons. The molecule has 3 heteroatoms. The molecule has 0 spiro atoms. The average molecular weight is 308 g/mol. The lowest BCUT2D eigenvalue weighted by Crippen LogP contribution is -2.36. The minimum absolute atomic E-state index is 0.0868. The van der Waals surface area contributed by atoms with E-state index in [0.29, 0.717) is 0 Å². The molecule has 0 radical (unpaired) electrons. The Bertz CT molecular complexity index is 846. The van der Waals surface area contributed by atoms with E-state index >= 15 is 0 Å². The van der Waals surface area contributed by atoms with Crippen LogP contribution in [-0.2, 0) is 4.65 Å². The van der Waals surface area contributed by atoms with Gasteiger partial charge in [0.15, 0.2) is 0 Å². The van der Waals surface area contributed by atoms with Gasteiger partial charge in [-0.25, -0.2) is 0 Å². The van der Waals surface area contributed by atoms with Crippen LogP contribution in [0.25, 0.3) is 20.2 Å². The molecule has 0 N–H and O–H groups in total. The fourth-order valence-electron chi connectivity index (χ4n) is 3.46. The average Bonchev–Trinajstić information content (AvgIpc) is 2.93. The monoisotopic (exact) mass is 308 g/mol. The van der Waals surface area contributed by atoms with Crippen molar-refractivity contribution in [2.75, 3.05) is 0 Å². The van der Waals surface area contributed by atoms with E-state index in [1.165, 1.54) is 25.6 Å². The zero-order valence-electron chi connectivity index (χ0n) is 13.6. The molecule has 1 saturated heterocycles. The third-order valence-electron chi connectivity index (χ3n) is 5.54. The fourth-order valence-corrected chi connectivity index (χ4v) is 4.72. The first-order valence-corrected chi connectivity index (χ1v) is 8.79. The van der Waals surface area contributed by atoms with Gasteiger partial charge in [0.2, 0.25) is 0 Å². The van der Waals surface area contributed by atoms with Gasteiger partial charge in [0.1, 0.15) is 0 Å². The van der Waals surface area contributed by atoms with E-state index in [9.17, 15) is 0 Å². The Hall–Kier alpha value is -1.32. The maximum atomic E-state index is 6.46. The summed E-state index contributed by atoms with van der Waals surface area (Å²) in [7, 11) is 0. The lowest BCUT2D eigenvalue weighted by atomic mass is 9.54. The summed E-state index contributed by atoms with van der Waals surface area (Å²) in [5.41, 5.74) is 1.46. The molecule has 1 aliphatic heterocycles. The highest BCUT2D eigenvalue weighted by atomic mass is 32.1. The van der Waals surface area contributed by atoms with Crippen LogP contribution in [0.2, 0.25) is 6.32 Å². The minimum Gasteiger partial charge on any atom is -0.425 e. The van der Waals surface area contributed by atoms with Crippen molar-refractivity contribution in [2.45, 2.75) is 39.6 Å². The summed E-state index contributed by atoms with van der Waals surface area (Å²) >= 11 is 1.90. The summed E-state index contributed by atoms with van der Waals surface area (Å²) in [6, 6.07) is 15.4. The Morgan fingerprint density at radius 2 is 1.68 bits per heavy atom. The van der Waals surface area contributed by atoms with Crippen molar-refractivity contribution >= 4 is 43.9 Å². The largest absolute Gasteiger partial charge is 0.425 e. The Labute approximate surface area is 136 Å². The van der Waals surface area contributed by atoms with Crippen LogP contribution >= 0.6 is 11.3 Å². The minimum atomic E-state index is -0.0868. The number of benzene rings is 2. The van der Waals surface area contributed by atoms with Gasteiger partial charge >= 0.3 is 6.92 Å². The van der Waals surface area contributed by atoms with Gasteiger partial charge in [0, 0.05) is 14.8 Å². The van der Waals surface area contributed by atoms with Crippen molar-refractivity contribution in [1.29, 1.82) is 0 Å². The zero-order chi connectivity index (χ0) is 15.5. The van der Waals surface area contributed by atoms with Crippen molar-refractivity contribution in [1.82, 2.24) is 0 Å². The molecule has 1 aromatic heterocycles. The molecule has 0 amide bonds. The molecule has 2 heterocycles. The van der Waals surface area contributed by atoms with Crippen LogP contribution in [0.3, 0.4) is 0 Å². The molecular formula is C19H21BOS. The van der Waals surface area contributed by atoms with Crippen molar-refractivity contribution in [3.05, 3.63) is 42.5 Å². The first-order chi connectivity index (χ1) is 10.4. The van der Waals surface area contributed by atoms with E-state index in [4.69, 9.17) is 4.65 Å². The van der Waals surface area contributed by atoms with E-state index in [1.54, 1.807) is 0 Å². The van der Waals surface area contributed by atoms with Crippen molar-refractivity contribution in [3.63, 3.8) is 0 Å². The number of fused-ring (bicyclic) bond motifs is 3. The van der Waals surface area contributed by atoms with Gasteiger partial charge in [-0.15, -0.1) is 11.3 Å². The third-order valence-corrected chi connectivity index (χ3v) is 6.78. The van der Waals surface area contributed by atoms with E-state index < -0.39 is 0 Å². The molecule has 0 aliphatic carbocycles. The SMILES string of the molecule is CC1(C)CB(c2cccc3c2sc2ccccc23)OC1(C)C. The Morgan fingerprint density at radius 1 is 0.955 bits per heavy atom. The van der Waals surface area contributed by atoms with Crippen molar-refractivity contribution in [3.8, 4) is 0 Å². The summed E-state index contributed by atoms with van der Waals surface area (Å²) in [4.78, 5) is 0. The highest BCUT2D eigenvalue weighted by Crippen LogP contribution is 2.46. The van der Waals surface area contributed by atoms with Crippen LogP contribution in [0.1, 0.15) is 27.7 Å². The van der Waals surface area contributed by atoms with Crippen LogP contribution in [0, 0.1) is 5.41 Å². The van der Waals surface area contributed by atoms with Gasteiger partial charge < -0.3 is 4.65 Å². The molecule has 3 aromatic rings. The second-order valence-corrected chi connectivity index (χ2v) is 8.58. The van der Waals surface area contributed by atoms with Gasteiger partial charge in [-0.1, -0.05) is 50.2 Å². The van der Waals surface area contributed by atoms with Crippen LogP contribution < -0.4 is 5.46 Å². The molecule has 2 aromatic carbocycles. The zero-order valence-corrected chi connectivity index (χ0v) is 14.5. The predicted octanol–water partition coefficient (Wildman–Crippen LogP) is 5.09. The molecule has 1 fully saturated rings. The summed E-state index contributed by atoms with van der Waals surface area (Å²) in [5, 5.41) is 2.73. The van der Waals surface area contributed by atoms with Gasteiger partial charge in [0.25, 0.3) is 0 Å². The van der Waals surface area contributed by atoms with Crippen molar-refractivity contribution < 1.29 is 4.65 Å². The predicted molar refractivity (Wildman–Crippen MR) is 98.5 cm³/mol. The Balaban J connectivity index is 1.90. The number of thiophene rings is 1. The van der Waals surface area contributed by atoms with Gasteiger partial charge in [0.05, 0.1) is 5.60 Å². The maximum absolute atomic E-state index is 6.46. The maximum Gasteiger partial charge on any atom is 0.329 e. The highest BCUT2D eigenvalue weighted by molar-refractivity contribution is 7.27. The van der Waals surface area contributed by atoms with E-state index in [1.807, 2.05) is 11.3 Å². The van der Waals surface area contributed by atoms with Gasteiger partial charge in [-0.05, 0) is 42.5 Å². The molecule has 1 aliphatic rings. The van der Waals surface area contributed by atoms with E-state index in [2.05, 4.69) is 70.2 Å². The lowest BCUT2D eigenvalue weighted by molar-refractivity contribution is 0.0376. The fraction of sp³-hybridized carbons (Fsp3) is 0.368. The first kappa shape index (κ1) is 14.3. The second kappa shape index (κ2) is 4.59. The summed E-state index contributed by atoms with van der Waals surface area (Å²) in [6.07, 6.45) is 1.08. The lowest BCUT2D eigenvalue weighted by Gasteiger charge is -2.34. The Morgan fingerprint density at radius 3 is 2.41 bits per heavy atom. The normalized spacial score (nSPS) is 20.1. The summed E-state index contributed by atoms with van der Waals surface area (Å²) in [6.45, 7) is 9.27. The first-order valence-electron chi connectivity index (χ1n) is 7.97. The molecule has 0 unspecified atom stereocenters.